The Kier molecular flexibility index (Phi) is 6.38. The number of nitrogens with one attached hydrogen (secondary N) is 1. The maximum atomic E-state index is 13.0. The molecular weight excluding hydrogens is 462 g/mol. The minimum Gasteiger partial charge on any atom is -0.467 e. The molecular formula is C26H25N5O5. The van der Waals surface area contributed by atoms with E-state index in [1.165, 1.54) is 24.4 Å². The summed E-state index contributed by atoms with van der Waals surface area (Å²) >= 11 is 0. The van der Waals surface area contributed by atoms with Crippen LogP contribution in [0.5, 0.6) is 6.01 Å². The second-order valence-corrected chi connectivity index (χ2v) is 9.03. The number of fused-ring (bicyclic) bond motifs is 1. The van der Waals surface area contributed by atoms with Gasteiger partial charge in [-0.3, -0.25) is 24.5 Å². The van der Waals surface area contributed by atoms with Gasteiger partial charge in [0.1, 0.15) is 6.04 Å². The minimum atomic E-state index is -0.652. The number of nitrogens with zero attached hydrogens (tertiary/aromatic N) is 4. The van der Waals surface area contributed by atoms with Crippen molar-refractivity contribution in [3.8, 4) is 17.9 Å². The van der Waals surface area contributed by atoms with Crippen LogP contribution in [-0.2, 0) is 16.1 Å². The molecule has 0 radical (unpaired) electrons. The van der Waals surface area contributed by atoms with Gasteiger partial charge in [0.15, 0.2) is 0 Å². The Morgan fingerprint density at radius 2 is 1.86 bits per heavy atom. The van der Waals surface area contributed by atoms with Crippen LogP contribution in [-0.4, -0.2) is 69.6 Å². The molecule has 5 rings (SSSR count). The second-order valence-electron chi connectivity index (χ2n) is 9.03. The van der Waals surface area contributed by atoms with Gasteiger partial charge in [-0.15, -0.1) is 0 Å². The van der Waals surface area contributed by atoms with Crippen molar-refractivity contribution in [3.05, 3.63) is 52.8 Å². The number of piperidine rings is 2. The van der Waals surface area contributed by atoms with Crippen LogP contribution in [0.1, 0.15) is 57.5 Å². The molecule has 4 amide bonds. The fourth-order valence-corrected chi connectivity index (χ4v) is 4.82. The number of aromatic nitrogens is 2. The molecule has 0 bridgehead atoms. The standard InChI is InChI=1S/C26H25N5O5/c1-36-26-27-13-18(14-28-26)24(34)30-11-9-16(10-12-30)5-6-17-3-2-4-19-20(17)15-31(25(19)35)21-7-8-22(32)29-23(21)33/h2-4,13-14,16,21H,7-12,15H2,1H3,(H,29,32,33). The molecule has 1 aromatic carbocycles. The fourth-order valence-electron chi connectivity index (χ4n) is 4.82. The van der Waals surface area contributed by atoms with Crippen molar-refractivity contribution in [2.45, 2.75) is 38.3 Å². The number of imide groups is 1. The molecule has 1 unspecified atom stereocenters. The van der Waals surface area contributed by atoms with Crippen molar-refractivity contribution >= 4 is 23.6 Å². The van der Waals surface area contributed by atoms with E-state index >= 15 is 0 Å². The summed E-state index contributed by atoms with van der Waals surface area (Å²) in [5, 5.41) is 2.32. The number of amides is 4. The molecule has 2 aromatic rings. The van der Waals surface area contributed by atoms with Gasteiger partial charge < -0.3 is 14.5 Å². The van der Waals surface area contributed by atoms with Crippen LogP contribution in [0, 0.1) is 17.8 Å². The van der Waals surface area contributed by atoms with E-state index < -0.39 is 11.9 Å². The van der Waals surface area contributed by atoms with E-state index in [0.717, 1.165) is 24.0 Å². The summed E-state index contributed by atoms with van der Waals surface area (Å²) in [5.41, 5.74) is 2.55. The third-order valence-corrected chi connectivity index (χ3v) is 6.83. The molecule has 0 spiro atoms. The maximum Gasteiger partial charge on any atom is 0.316 e. The molecule has 4 heterocycles. The Hall–Kier alpha value is -4.26. The highest BCUT2D eigenvalue weighted by Gasteiger charge is 2.39. The fraction of sp³-hybridized carbons (Fsp3) is 0.385. The minimum absolute atomic E-state index is 0.114. The topological polar surface area (TPSA) is 122 Å². The number of carbonyl (C=O) groups is 4. The zero-order chi connectivity index (χ0) is 25.2. The van der Waals surface area contributed by atoms with Crippen molar-refractivity contribution in [1.29, 1.82) is 0 Å². The van der Waals surface area contributed by atoms with Gasteiger partial charge in [-0.25, -0.2) is 9.97 Å². The quantitative estimate of drug-likeness (QED) is 0.509. The summed E-state index contributed by atoms with van der Waals surface area (Å²) in [6, 6.07) is 5.00. The average Bonchev–Trinajstić information content (AvgIpc) is 3.24. The van der Waals surface area contributed by atoms with E-state index in [-0.39, 0.29) is 36.1 Å². The Labute approximate surface area is 208 Å². The molecule has 0 saturated carbocycles. The van der Waals surface area contributed by atoms with E-state index in [0.29, 0.717) is 37.2 Å². The second kappa shape index (κ2) is 9.77. The lowest BCUT2D eigenvalue weighted by atomic mass is 9.96. The van der Waals surface area contributed by atoms with E-state index in [2.05, 4.69) is 27.1 Å². The summed E-state index contributed by atoms with van der Waals surface area (Å²) in [6.45, 7) is 1.46. The Bertz CT molecular complexity index is 1290. The van der Waals surface area contributed by atoms with Crippen LogP contribution in [0.15, 0.2) is 30.6 Å². The first-order valence-corrected chi connectivity index (χ1v) is 11.9. The van der Waals surface area contributed by atoms with E-state index in [9.17, 15) is 19.2 Å². The third-order valence-electron chi connectivity index (χ3n) is 6.83. The molecule has 10 heteroatoms. The molecule has 36 heavy (non-hydrogen) atoms. The van der Waals surface area contributed by atoms with Gasteiger partial charge >= 0.3 is 6.01 Å². The van der Waals surface area contributed by atoms with Crippen molar-refractivity contribution in [2.24, 2.45) is 5.92 Å². The van der Waals surface area contributed by atoms with Crippen LogP contribution < -0.4 is 10.1 Å². The van der Waals surface area contributed by atoms with Gasteiger partial charge in [-0.2, -0.15) is 0 Å². The van der Waals surface area contributed by atoms with Crippen molar-refractivity contribution in [1.82, 2.24) is 25.1 Å². The number of rotatable bonds is 3. The first-order valence-electron chi connectivity index (χ1n) is 11.9. The lowest BCUT2D eigenvalue weighted by Gasteiger charge is -2.29. The summed E-state index contributed by atoms with van der Waals surface area (Å²) in [7, 11) is 1.47. The van der Waals surface area contributed by atoms with Crippen molar-refractivity contribution < 1.29 is 23.9 Å². The molecule has 1 N–H and O–H groups in total. The zero-order valence-corrected chi connectivity index (χ0v) is 19.8. The number of hydrogen-bond donors (Lipinski definition) is 1. The highest BCUT2D eigenvalue weighted by molar-refractivity contribution is 6.05. The molecule has 184 valence electrons. The van der Waals surface area contributed by atoms with Gasteiger partial charge in [0.05, 0.1) is 12.7 Å². The lowest BCUT2D eigenvalue weighted by Crippen LogP contribution is -2.52. The van der Waals surface area contributed by atoms with Crippen LogP contribution in [0.25, 0.3) is 0 Å². The average molecular weight is 488 g/mol. The number of carbonyl (C=O) groups excluding carboxylic acids is 4. The van der Waals surface area contributed by atoms with E-state index in [4.69, 9.17) is 4.74 Å². The first kappa shape index (κ1) is 23.5. The predicted molar refractivity (Wildman–Crippen MR) is 127 cm³/mol. The number of ether oxygens (including phenoxy) is 1. The van der Waals surface area contributed by atoms with E-state index in [1.54, 1.807) is 17.0 Å². The Balaban J connectivity index is 1.23. The monoisotopic (exact) mass is 487 g/mol. The summed E-state index contributed by atoms with van der Waals surface area (Å²) in [5.74, 6) is 5.63. The number of benzene rings is 1. The molecule has 3 aliphatic heterocycles. The first-order chi connectivity index (χ1) is 17.4. The molecule has 2 saturated heterocycles. The smallest absolute Gasteiger partial charge is 0.316 e. The number of hydrogen-bond acceptors (Lipinski definition) is 7. The summed E-state index contributed by atoms with van der Waals surface area (Å²) in [6.07, 6.45) is 4.96. The third kappa shape index (κ3) is 4.52. The molecule has 1 aromatic heterocycles. The van der Waals surface area contributed by atoms with Gasteiger partial charge in [-0.1, -0.05) is 17.9 Å². The normalized spacial score (nSPS) is 19.9. The van der Waals surface area contributed by atoms with Gasteiger partial charge in [0, 0.05) is 55.5 Å². The summed E-state index contributed by atoms with van der Waals surface area (Å²) in [4.78, 5) is 60.8. The van der Waals surface area contributed by atoms with Crippen molar-refractivity contribution in [3.63, 3.8) is 0 Å². The largest absolute Gasteiger partial charge is 0.467 e. The highest BCUT2D eigenvalue weighted by atomic mass is 16.5. The van der Waals surface area contributed by atoms with E-state index in [1.807, 2.05) is 6.07 Å². The highest BCUT2D eigenvalue weighted by Crippen LogP contribution is 2.29. The van der Waals surface area contributed by atoms with Crippen LogP contribution in [0.3, 0.4) is 0 Å². The summed E-state index contributed by atoms with van der Waals surface area (Å²) < 4.78 is 4.94. The van der Waals surface area contributed by atoms with Crippen LogP contribution >= 0.6 is 0 Å². The zero-order valence-electron chi connectivity index (χ0n) is 19.8. The lowest BCUT2D eigenvalue weighted by molar-refractivity contribution is -0.136. The van der Waals surface area contributed by atoms with Crippen LogP contribution in [0.4, 0.5) is 0 Å². The number of likely N-dealkylation sites (tertiary alicyclic amines) is 1. The van der Waals surface area contributed by atoms with Gasteiger partial charge in [0.25, 0.3) is 11.8 Å². The van der Waals surface area contributed by atoms with Gasteiger partial charge in [0.2, 0.25) is 11.8 Å². The molecule has 3 aliphatic rings. The molecule has 2 fully saturated rings. The SMILES string of the molecule is COc1ncc(C(=O)N2CCC(C#Cc3cccc4c3CN(C3CCC(=O)NC3=O)C4=O)CC2)cn1. The Morgan fingerprint density at radius 3 is 2.56 bits per heavy atom. The van der Waals surface area contributed by atoms with Gasteiger partial charge in [-0.05, 0) is 37.0 Å². The molecule has 10 nitrogen and oxygen atoms in total. The van der Waals surface area contributed by atoms with Crippen molar-refractivity contribution in [2.75, 3.05) is 20.2 Å². The Morgan fingerprint density at radius 1 is 1.11 bits per heavy atom. The molecule has 0 aliphatic carbocycles. The maximum absolute atomic E-state index is 13.0. The number of methoxy groups -OCH3 is 1. The predicted octanol–water partition coefficient (Wildman–Crippen LogP) is 1.15. The van der Waals surface area contributed by atoms with Crippen LogP contribution in [0.2, 0.25) is 0 Å². The molecule has 1 atom stereocenters.